The molecule has 0 saturated heterocycles. The van der Waals surface area contributed by atoms with Crippen LogP contribution in [0.2, 0.25) is 0 Å². The average molecular weight is 448 g/mol. The fourth-order valence-electron chi connectivity index (χ4n) is 5.59. The highest BCUT2D eigenvalue weighted by Crippen LogP contribution is 2.37. The molecule has 0 spiro atoms. The van der Waals surface area contributed by atoms with Crippen molar-refractivity contribution in [2.24, 2.45) is 11.8 Å². The molecule has 3 aromatic rings. The predicted molar refractivity (Wildman–Crippen MR) is 129 cm³/mol. The predicted octanol–water partition coefficient (Wildman–Crippen LogP) is 5.21. The lowest BCUT2D eigenvalue weighted by Crippen LogP contribution is -2.66. The molecule has 1 aliphatic heterocycles. The van der Waals surface area contributed by atoms with Gasteiger partial charge in [-0.3, -0.25) is 14.5 Å². The third kappa shape index (κ3) is 3.38. The topological polar surface area (TPSA) is 67.5 Å². The second-order valence-electron chi connectivity index (χ2n) is 10.3. The Hall–Kier alpha value is -3.02. The highest BCUT2D eigenvalue weighted by atomic mass is 16.3. The summed E-state index contributed by atoms with van der Waals surface area (Å²) in [5, 5.41) is 3.35. The van der Waals surface area contributed by atoms with E-state index in [0.717, 1.165) is 35.2 Å². The second-order valence-corrected chi connectivity index (χ2v) is 10.3. The van der Waals surface area contributed by atoms with E-state index in [1.54, 1.807) is 17.2 Å². The molecule has 5 rings (SSSR count). The number of anilines is 1. The minimum absolute atomic E-state index is 0.101. The molecule has 1 fully saturated rings. The van der Waals surface area contributed by atoms with Crippen molar-refractivity contribution >= 4 is 28.6 Å². The molecule has 33 heavy (non-hydrogen) atoms. The Balaban J connectivity index is 1.59. The van der Waals surface area contributed by atoms with Gasteiger partial charge >= 0.3 is 0 Å². The molecular weight excluding hydrogens is 414 g/mol. The second kappa shape index (κ2) is 7.79. The van der Waals surface area contributed by atoms with E-state index in [0.29, 0.717) is 29.7 Å². The van der Waals surface area contributed by atoms with Crippen LogP contribution in [0.15, 0.2) is 41.0 Å². The van der Waals surface area contributed by atoms with Crippen molar-refractivity contribution in [2.75, 3.05) is 4.90 Å². The van der Waals surface area contributed by atoms with Gasteiger partial charge in [0, 0.05) is 23.9 Å². The van der Waals surface area contributed by atoms with Crippen LogP contribution in [0.5, 0.6) is 0 Å². The zero-order chi connectivity index (χ0) is 23.5. The Labute approximate surface area is 194 Å². The zero-order valence-electron chi connectivity index (χ0n) is 20.1. The fourth-order valence-corrected chi connectivity index (χ4v) is 5.59. The van der Waals surface area contributed by atoms with Gasteiger partial charge in [0.25, 0.3) is 5.91 Å². The van der Waals surface area contributed by atoms with Crippen LogP contribution in [0, 0.1) is 25.7 Å². The van der Waals surface area contributed by atoms with E-state index in [2.05, 4.69) is 19.2 Å². The Morgan fingerprint density at radius 1 is 1.12 bits per heavy atom. The number of aromatic nitrogens is 1. The number of nitrogens with one attached hydrogen (secondary N) is 1. The molecular formula is C27H33N3O3. The summed E-state index contributed by atoms with van der Waals surface area (Å²) in [5.41, 5.74) is 3.97. The van der Waals surface area contributed by atoms with E-state index in [9.17, 15) is 9.59 Å². The molecule has 174 valence electrons. The van der Waals surface area contributed by atoms with Gasteiger partial charge in [-0.1, -0.05) is 32.8 Å². The maximum absolute atomic E-state index is 14.0. The standard InChI is InChI=1S/C27H33N3O3/c1-16-9-10-20(13-18(16)3)30-25(31)23-14-24-22(11-12-33-24)29(23)15-27(30,5)26(32)28-21-8-6-7-17(2)19(21)4/h9-14,17,19,21H,6-8,15H2,1-5H3,(H,28,32)/t17-,19+,21+,27+/m0/s1. The van der Waals surface area contributed by atoms with Gasteiger partial charge in [0.1, 0.15) is 11.2 Å². The van der Waals surface area contributed by atoms with Gasteiger partial charge in [0.2, 0.25) is 5.91 Å². The number of carbonyl (C=O) groups is 2. The summed E-state index contributed by atoms with van der Waals surface area (Å²) in [7, 11) is 0. The fraction of sp³-hybridized carbons (Fsp3) is 0.481. The Morgan fingerprint density at radius 2 is 1.91 bits per heavy atom. The third-order valence-corrected chi connectivity index (χ3v) is 8.17. The van der Waals surface area contributed by atoms with E-state index in [1.807, 2.05) is 49.6 Å². The molecule has 1 aromatic carbocycles. The molecule has 0 unspecified atom stereocenters. The minimum atomic E-state index is -1.07. The van der Waals surface area contributed by atoms with Gasteiger partial charge in [0.15, 0.2) is 5.58 Å². The number of rotatable bonds is 3. The smallest absolute Gasteiger partial charge is 0.276 e. The maximum Gasteiger partial charge on any atom is 0.276 e. The van der Waals surface area contributed by atoms with Crippen molar-refractivity contribution in [1.29, 1.82) is 0 Å². The van der Waals surface area contributed by atoms with Gasteiger partial charge in [-0.25, -0.2) is 0 Å². The van der Waals surface area contributed by atoms with Crippen LogP contribution in [0.1, 0.15) is 61.6 Å². The molecule has 2 amide bonds. The highest BCUT2D eigenvalue weighted by Gasteiger charge is 2.49. The van der Waals surface area contributed by atoms with E-state index in [-0.39, 0.29) is 17.9 Å². The number of fused-ring (bicyclic) bond motifs is 3. The van der Waals surface area contributed by atoms with Crippen molar-refractivity contribution in [3.8, 4) is 0 Å². The lowest BCUT2D eigenvalue weighted by molar-refractivity contribution is -0.128. The highest BCUT2D eigenvalue weighted by molar-refractivity contribution is 6.13. The first-order valence-electron chi connectivity index (χ1n) is 12.0. The number of hydrogen-bond acceptors (Lipinski definition) is 3. The van der Waals surface area contributed by atoms with Crippen molar-refractivity contribution in [3.05, 3.63) is 53.4 Å². The van der Waals surface area contributed by atoms with E-state index in [4.69, 9.17) is 4.42 Å². The summed E-state index contributed by atoms with van der Waals surface area (Å²) in [6.45, 7) is 10.8. The first-order valence-corrected chi connectivity index (χ1v) is 12.0. The summed E-state index contributed by atoms with van der Waals surface area (Å²) >= 11 is 0. The lowest BCUT2D eigenvalue weighted by atomic mass is 9.77. The first kappa shape index (κ1) is 21.8. The number of furan rings is 1. The number of aryl methyl sites for hydroxylation is 2. The van der Waals surface area contributed by atoms with Crippen LogP contribution in [-0.2, 0) is 11.3 Å². The van der Waals surface area contributed by atoms with Gasteiger partial charge in [-0.05, 0) is 62.3 Å². The maximum atomic E-state index is 14.0. The average Bonchev–Trinajstić information content (AvgIpc) is 3.36. The molecule has 1 N–H and O–H groups in total. The molecule has 6 heteroatoms. The van der Waals surface area contributed by atoms with Crippen LogP contribution < -0.4 is 10.2 Å². The number of hydrogen-bond donors (Lipinski definition) is 1. The van der Waals surface area contributed by atoms with Crippen LogP contribution in [0.4, 0.5) is 5.69 Å². The molecule has 1 aliphatic carbocycles. The van der Waals surface area contributed by atoms with Gasteiger partial charge in [-0.2, -0.15) is 0 Å². The largest absolute Gasteiger partial charge is 0.463 e. The van der Waals surface area contributed by atoms with Crippen molar-refractivity contribution in [3.63, 3.8) is 0 Å². The number of carbonyl (C=O) groups excluding carboxylic acids is 2. The molecule has 0 radical (unpaired) electrons. The molecule has 6 nitrogen and oxygen atoms in total. The Bertz CT molecular complexity index is 1240. The summed E-state index contributed by atoms with van der Waals surface area (Å²) in [5.74, 6) is 0.695. The molecule has 3 heterocycles. The lowest BCUT2D eigenvalue weighted by Gasteiger charge is -2.45. The molecule has 1 saturated carbocycles. The van der Waals surface area contributed by atoms with Crippen molar-refractivity contribution in [1.82, 2.24) is 9.88 Å². The zero-order valence-corrected chi connectivity index (χ0v) is 20.1. The van der Waals surface area contributed by atoms with E-state index >= 15 is 0 Å². The molecule has 2 aromatic heterocycles. The monoisotopic (exact) mass is 447 g/mol. The van der Waals surface area contributed by atoms with E-state index < -0.39 is 5.54 Å². The van der Waals surface area contributed by atoms with E-state index in [1.165, 1.54) is 6.42 Å². The van der Waals surface area contributed by atoms with Crippen molar-refractivity contribution in [2.45, 2.75) is 72.0 Å². The summed E-state index contributed by atoms with van der Waals surface area (Å²) in [4.78, 5) is 29.6. The van der Waals surface area contributed by atoms with Crippen LogP contribution in [-0.4, -0.2) is 28.0 Å². The van der Waals surface area contributed by atoms with Crippen LogP contribution in [0.25, 0.3) is 11.1 Å². The molecule has 4 atom stereocenters. The minimum Gasteiger partial charge on any atom is -0.463 e. The van der Waals surface area contributed by atoms with Crippen molar-refractivity contribution < 1.29 is 14.0 Å². The first-order chi connectivity index (χ1) is 15.7. The third-order valence-electron chi connectivity index (χ3n) is 8.17. The summed E-state index contributed by atoms with van der Waals surface area (Å²) in [6, 6.07) is 9.73. The molecule has 0 bridgehead atoms. The van der Waals surface area contributed by atoms with Gasteiger partial charge in [0.05, 0.1) is 18.3 Å². The number of benzene rings is 1. The van der Waals surface area contributed by atoms with Crippen LogP contribution >= 0.6 is 0 Å². The van der Waals surface area contributed by atoms with Gasteiger partial charge < -0.3 is 14.3 Å². The summed E-state index contributed by atoms with van der Waals surface area (Å²) in [6.07, 6.45) is 4.92. The molecule has 2 aliphatic rings. The van der Waals surface area contributed by atoms with Gasteiger partial charge in [-0.15, -0.1) is 0 Å². The number of amides is 2. The quantitative estimate of drug-likeness (QED) is 0.599. The van der Waals surface area contributed by atoms with Crippen LogP contribution in [0.3, 0.4) is 0 Å². The Morgan fingerprint density at radius 3 is 2.67 bits per heavy atom. The summed E-state index contributed by atoms with van der Waals surface area (Å²) < 4.78 is 7.51. The number of nitrogens with zero attached hydrogens (tertiary/aromatic N) is 2. The normalized spacial score (nSPS) is 27.6. The Kier molecular flexibility index (Phi) is 5.15. The SMILES string of the molecule is Cc1ccc(N2C(=O)c3cc4occc4n3C[C@]2(C)C(=O)N[C@@H]2CCC[C@H](C)[C@H]2C)cc1C.